The van der Waals surface area contributed by atoms with Crippen molar-refractivity contribution in [3.8, 4) is 5.75 Å². The lowest BCUT2D eigenvalue weighted by Crippen LogP contribution is -2.51. The van der Waals surface area contributed by atoms with E-state index in [1.165, 1.54) is 12.3 Å². The van der Waals surface area contributed by atoms with Gasteiger partial charge in [0, 0.05) is 21.5 Å². The summed E-state index contributed by atoms with van der Waals surface area (Å²) in [5.74, 6) is 0.702. The molecule has 0 amide bonds. The van der Waals surface area contributed by atoms with Crippen molar-refractivity contribution >= 4 is 46.9 Å². The lowest BCUT2D eigenvalue weighted by Gasteiger charge is -2.43. The maximum atomic E-state index is 11.8. The van der Waals surface area contributed by atoms with Gasteiger partial charge in [-0.1, -0.05) is 76.0 Å². The first-order valence-electron chi connectivity index (χ1n) is 11.3. The lowest BCUT2D eigenvalue weighted by atomic mass is 9.96. The molecular weight excluding hydrogens is 488 g/mol. The van der Waals surface area contributed by atoms with Gasteiger partial charge in [-0.05, 0) is 47.2 Å². The molecule has 0 atom stereocenters. The Kier molecular flexibility index (Phi) is 8.87. The van der Waals surface area contributed by atoms with Gasteiger partial charge < -0.3 is 9.63 Å². The Labute approximate surface area is 200 Å². The quantitative estimate of drug-likeness (QED) is 0.112. The minimum Gasteiger partial charge on any atom is -0.542 e. The largest absolute Gasteiger partial charge is 0.542 e. The number of nitro groups is 1. The number of nitrogens with zero attached hydrogens (tertiary/aromatic N) is 2. The molecule has 2 aromatic rings. The summed E-state index contributed by atoms with van der Waals surface area (Å²) in [6.07, 6.45) is 4.01. The molecule has 0 fully saturated rings. The molecule has 0 aliphatic rings. The highest BCUT2D eigenvalue weighted by molar-refractivity contribution is 9.10. The van der Waals surface area contributed by atoms with Gasteiger partial charge in [0.15, 0.2) is 0 Å². The average Bonchev–Trinajstić information content (AvgIpc) is 2.70. The standard InChI is InChI=1S/C24H35BrN2O4Si/c1-8-9-10-18-13-19-22(27(29)30)12-11-21(25)23(19)20(14-26-28)24(18)31-32(15(2)3,16(4)5)17(6)7/h11-17,28H,8-10H2,1-7H3/b26-14+. The van der Waals surface area contributed by atoms with Crippen molar-refractivity contribution in [1.29, 1.82) is 0 Å². The van der Waals surface area contributed by atoms with E-state index in [2.05, 4.69) is 69.6 Å². The van der Waals surface area contributed by atoms with Crippen molar-refractivity contribution < 1.29 is 14.6 Å². The van der Waals surface area contributed by atoms with Crippen molar-refractivity contribution in [2.24, 2.45) is 5.16 Å². The maximum Gasteiger partial charge on any atom is 0.277 e. The number of aryl methyl sites for hydroxylation is 1. The van der Waals surface area contributed by atoms with E-state index < -0.39 is 8.32 Å². The molecule has 32 heavy (non-hydrogen) atoms. The van der Waals surface area contributed by atoms with Crippen LogP contribution in [0.15, 0.2) is 27.8 Å². The number of benzene rings is 2. The maximum absolute atomic E-state index is 11.8. The van der Waals surface area contributed by atoms with Gasteiger partial charge >= 0.3 is 0 Å². The fourth-order valence-corrected chi connectivity index (χ4v) is 10.9. The number of non-ortho nitro benzene ring substituents is 1. The molecule has 2 aromatic carbocycles. The van der Waals surface area contributed by atoms with Crippen LogP contribution in [0.4, 0.5) is 5.69 Å². The Bertz CT molecular complexity index is 984. The summed E-state index contributed by atoms with van der Waals surface area (Å²) in [6.45, 7) is 15.4. The molecule has 8 heteroatoms. The second-order valence-electron chi connectivity index (χ2n) is 9.29. The average molecular weight is 524 g/mol. The van der Waals surface area contributed by atoms with Crippen molar-refractivity contribution in [1.82, 2.24) is 0 Å². The fourth-order valence-electron chi connectivity index (χ4n) is 5.07. The monoisotopic (exact) mass is 522 g/mol. The van der Waals surface area contributed by atoms with Crippen molar-refractivity contribution in [3.05, 3.63) is 43.9 Å². The van der Waals surface area contributed by atoms with Gasteiger partial charge in [-0.3, -0.25) is 10.1 Å². The van der Waals surface area contributed by atoms with E-state index in [0.29, 0.717) is 43.2 Å². The van der Waals surface area contributed by atoms with E-state index in [-0.39, 0.29) is 10.6 Å². The van der Waals surface area contributed by atoms with Crippen LogP contribution in [0.3, 0.4) is 0 Å². The highest BCUT2D eigenvalue weighted by atomic mass is 79.9. The molecule has 0 bridgehead atoms. The Hall–Kier alpha value is -1.93. The van der Waals surface area contributed by atoms with Gasteiger partial charge in [0.1, 0.15) is 5.75 Å². The van der Waals surface area contributed by atoms with Gasteiger partial charge in [-0.15, -0.1) is 0 Å². The number of nitro benzene ring substituents is 1. The van der Waals surface area contributed by atoms with Crippen LogP contribution in [0.1, 0.15) is 72.4 Å². The van der Waals surface area contributed by atoms with Gasteiger partial charge in [-0.2, -0.15) is 0 Å². The Morgan fingerprint density at radius 3 is 2.25 bits per heavy atom. The van der Waals surface area contributed by atoms with Crippen molar-refractivity contribution in [2.45, 2.75) is 84.4 Å². The summed E-state index contributed by atoms with van der Waals surface area (Å²) in [4.78, 5) is 11.4. The number of rotatable bonds is 10. The van der Waals surface area contributed by atoms with Crippen LogP contribution in [-0.2, 0) is 6.42 Å². The van der Waals surface area contributed by atoms with Crippen LogP contribution in [0.5, 0.6) is 5.75 Å². The van der Waals surface area contributed by atoms with Crippen LogP contribution in [0.2, 0.25) is 16.6 Å². The van der Waals surface area contributed by atoms with Gasteiger partial charge in [0.2, 0.25) is 0 Å². The summed E-state index contributed by atoms with van der Waals surface area (Å²) in [5.41, 5.74) is 2.60. The summed E-state index contributed by atoms with van der Waals surface area (Å²) in [7, 11) is -2.33. The minimum atomic E-state index is -2.33. The third-order valence-corrected chi connectivity index (χ3v) is 13.1. The molecule has 0 unspecified atom stereocenters. The van der Waals surface area contributed by atoms with Crippen LogP contribution >= 0.6 is 15.9 Å². The van der Waals surface area contributed by atoms with E-state index in [1.807, 2.05) is 6.07 Å². The predicted octanol–water partition coefficient (Wildman–Crippen LogP) is 8.22. The van der Waals surface area contributed by atoms with Gasteiger partial charge in [0.05, 0.1) is 16.5 Å². The predicted molar refractivity (Wildman–Crippen MR) is 138 cm³/mol. The second kappa shape index (κ2) is 10.8. The van der Waals surface area contributed by atoms with Crippen LogP contribution < -0.4 is 4.43 Å². The summed E-state index contributed by atoms with van der Waals surface area (Å²) in [6, 6.07) is 5.08. The lowest BCUT2D eigenvalue weighted by molar-refractivity contribution is -0.383. The zero-order valence-corrected chi connectivity index (χ0v) is 22.7. The van der Waals surface area contributed by atoms with E-state index >= 15 is 0 Å². The van der Waals surface area contributed by atoms with E-state index in [0.717, 1.165) is 24.8 Å². The molecular formula is C24H35BrN2O4Si. The van der Waals surface area contributed by atoms with Crippen LogP contribution in [0, 0.1) is 10.1 Å². The third-order valence-electron chi connectivity index (χ3n) is 6.46. The van der Waals surface area contributed by atoms with Crippen molar-refractivity contribution in [2.75, 3.05) is 0 Å². The molecule has 0 saturated heterocycles. The number of hydrogen-bond donors (Lipinski definition) is 1. The molecule has 1 N–H and O–H groups in total. The zero-order chi connectivity index (χ0) is 24.2. The molecule has 0 aliphatic carbocycles. The summed E-state index contributed by atoms with van der Waals surface area (Å²) in [5, 5.41) is 25.8. The molecule has 0 spiro atoms. The first-order valence-corrected chi connectivity index (χ1v) is 14.2. The van der Waals surface area contributed by atoms with Crippen LogP contribution in [0.25, 0.3) is 10.8 Å². The van der Waals surface area contributed by atoms with Crippen LogP contribution in [-0.4, -0.2) is 24.7 Å². The van der Waals surface area contributed by atoms with Gasteiger partial charge in [-0.25, -0.2) is 0 Å². The smallest absolute Gasteiger partial charge is 0.277 e. The Balaban J connectivity index is 3.01. The Morgan fingerprint density at radius 1 is 1.19 bits per heavy atom. The first kappa shape index (κ1) is 26.3. The molecule has 0 heterocycles. The number of unbranched alkanes of at least 4 members (excludes halogenated alkanes) is 1. The van der Waals surface area contributed by atoms with Crippen molar-refractivity contribution in [3.63, 3.8) is 0 Å². The molecule has 2 rings (SSSR count). The third kappa shape index (κ3) is 4.86. The fraction of sp³-hybridized carbons (Fsp3) is 0.542. The molecule has 6 nitrogen and oxygen atoms in total. The van der Waals surface area contributed by atoms with E-state index in [9.17, 15) is 15.3 Å². The second-order valence-corrected chi connectivity index (χ2v) is 15.5. The Morgan fingerprint density at radius 2 is 1.78 bits per heavy atom. The summed E-state index contributed by atoms with van der Waals surface area (Å²) < 4.78 is 7.81. The molecule has 0 aliphatic heterocycles. The molecule has 0 aromatic heterocycles. The minimum absolute atomic E-state index is 0.0279. The van der Waals surface area contributed by atoms with E-state index in [4.69, 9.17) is 4.43 Å². The SMILES string of the molecule is CCCCc1cc2c([N+](=O)[O-])ccc(Br)c2c(/C=N/O)c1O[Si](C(C)C)(C(C)C)C(C)C. The molecule has 0 saturated carbocycles. The number of hydrogen-bond acceptors (Lipinski definition) is 5. The zero-order valence-electron chi connectivity index (χ0n) is 20.1. The first-order chi connectivity index (χ1) is 15.0. The van der Waals surface area contributed by atoms with Gasteiger partial charge in [0.25, 0.3) is 14.0 Å². The molecule has 176 valence electrons. The highest BCUT2D eigenvalue weighted by Crippen LogP contribution is 2.47. The number of halogens is 1. The number of fused-ring (bicyclic) bond motifs is 1. The normalized spacial score (nSPS) is 12.6. The summed E-state index contributed by atoms with van der Waals surface area (Å²) >= 11 is 3.57. The topological polar surface area (TPSA) is 85.0 Å². The highest BCUT2D eigenvalue weighted by Gasteiger charge is 2.47. The van der Waals surface area contributed by atoms with E-state index in [1.54, 1.807) is 6.07 Å². The number of oxime groups is 1. The molecule has 0 radical (unpaired) electrons.